The molecule has 0 saturated heterocycles. The highest BCUT2D eigenvalue weighted by atomic mass is 19.1. The van der Waals surface area contributed by atoms with Crippen molar-refractivity contribution in [1.29, 1.82) is 0 Å². The molecule has 1 aromatic rings. The molecule has 0 aromatic heterocycles. The van der Waals surface area contributed by atoms with E-state index < -0.39 is 0 Å². The Kier molecular flexibility index (Phi) is 3.93. The van der Waals surface area contributed by atoms with Gasteiger partial charge in [0.1, 0.15) is 5.82 Å². The molecule has 14 heavy (non-hydrogen) atoms. The first-order chi connectivity index (χ1) is 6.79. The van der Waals surface area contributed by atoms with E-state index in [-0.39, 0.29) is 5.82 Å². The van der Waals surface area contributed by atoms with Crippen molar-refractivity contribution in [2.75, 3.05) is 18.5 Å². The summed E-state index contributed by atoms with van der Waals surface area (Å²) < 4.78 is 13.3. The average Bonchev–Trinajstić information content (AvgIpc) is 2.21. The van der Waals surface area contributed by atoms with E-state index in [0.29, 0.717) is 0 Å². The number of para-hydroxylation sites is 1. The second kappa shape index (κ2) is 4.99. The summed E-state index contributed by atoms with van der Waals surface area (Å²) in [4.78, 5) is 1.99. The fourth-order valence-electron chi connectivity index (χ4n) is 1.81. The second-order valence-electron chi connectivity index (χ2n) is 3.27. The van der Waals surface area contributed by atoms with Gasteiger partial charge in [0.05, 0.1) is 5.69 Å². The Morgan fingerprint density at radius 1 is 1.29 bits per heavy atom. The van der Waals surface area contributed by atoms with Crippen LogP contribution in [0.2, 0.25) is 0 Å². The highest BCUT2D eigenvalue weighted by molar-refractivity contribution is 5.55. The van der Waals surface area contributed by atoms with Crippen molar-refractivity contribution in [1.82, 2.24) is 0 Å². The van der Waals surface area contributed by atoms with Gasteiger partial charge >= 0.3 is 0 Å². The smallest absolute Gasteiger partial charge is 0.146 e. The lowest BCUT2D eigenvalue weighted by molar-refractivity contribution is 0.608. The third-order valence-electron chi connectivity index (χ3n) is 2.39. The van der Waals surface area contributed by atoms with Crippen LogP contribution in [0.3, 0.4) is 0 Å². The van der Waals surface area contributed by atoms with Crippen LogP contribution in [0, 0.1) is 5.82 Å². The molecule has 0 N–H and O–H groups in total. The van der Waals surface area contributed by atoms with E-state index in [9.17, 15) is 4.39 Å². The topological polar surface area (TPSA) is 3.24 Å². The van der Waals surface area contributed by atoms with Gasteiger partial charge in [-0.3, -0.25) is 0 Å². The SMILES string of the molecule is CC.CN1CCCc2cccc(F)c21. The number of rotatable bonds is 0. The highest BCUT2D eigenvalue weighted by Crippen LogP contribution is 2.28. The predicted octanol–water partition coefficient (Wildman–Crippen LogP) is 3.23. The zero-order valence-corrected chi connectivity index (χ0v) is 9.18. The van der Waals surface area contributed by atoms with Gasteiger partial charge in [0.2, 0.25) is 0 Å². The number of anilines is 1. The van der Waals surface area contributed by atoms with Gasteiger partial charge in [-0.2, -0.15) is 0 Å². The summed E-state index contributed by atoms with van der Waals surface area (Å²) in [5.74, 6) is -0.0882. The van der Waals surface area contributed by atoms with Crippen molar-refractivity contribution in [2.45, 2.75) is 26.7 Å². The van der Waals surface area contributed by atoms with Gasteiger partial charge in [-0.1, -0.05) is 26.0 Å². The van der Waals surface area contributed by atoms with Crippen LogP contribution in [0.1, 0.15) is 25.8 Å². The van der Waals surface area contributed by atoms with Crippen LogP contribution in [-0.4, -0.2) is 13.6 Å². The maximum Gasteiger partial charge on any atom is 0.146 e. The monoisotopic (exact) mass is 195 g/mol. The third-order valence-corrected chi connectivity index (χ3v) is 2.39. The first kappa shape index (κ1) is 11.0. The van der Waals surface area contributed by atoms with Gasteiger partial charge in [-0.25, -0.2) is 4.39 Å². The maximum atomic E-state index is 13.3. The van der Waals surface area contributed by atoms with E-state index in [1.807, 2.05) is 31.9 Å². The Balaban J connectivity index is 0.000000461. The molecule has 1 nitrogen and oxygen atoms in total. The molecule has 0 radical (unpaired) electrons. The second-order valence-corrected chi connectivity index (χ2v) is 3.27. The molecule has 2 heteroatoms. The third kappa shape index (κ3) is 2.06. The lowest BCUT2D eigenvalue weighted by Crippen LogP contribution is -2.25. The standard InChI is InChI=1S/C10H12FN.C2H6/c1-12-7-3-5-8-4-2-6-9(11)10(8)12;1-2/h2,4,6H,3,5,7H2,1H3;1-2H3. The van der Waals surface area contributed by atoms with Gasteiger partial charge in [-0.15, -0.1) is 0 Å². The van der Waals surface area contributed by atoms with Crippen LogP contribution < -0.4 is 4.90 Å². The van der Waals surface area contributed by atoms with E-state index >= 15 is 0 Å². The number of hydrogen-bond donors (Lipinski definition) is 0. The number of fused-ring (bicyclic) bond motifs is 1. The van der Waals surface area contributed by atoms with Gasteiger partial charge in [0.15, 0.2) is 0 Å². The molecule has 0 atom stereocenters. The number of hydrogen-bond acceptors (Lipinski definition) is 1. The molecule has 0 fully saturated rings. The fraction of sp³-hybridized carbons (Fsp3) is 0.500. The highest BCUT2D eigenvalue weighted by Gasteiger charge is 2.16. The van der Waals surface area contributed by atoms with Crippen molar-refractivity contribution in [3.63, 3.8) is 0 Å². The molecule has 2 rings (SSSR count). The van der Waals surface area contributed by atoms with E-state index in [4.69, 9.17) is 0 Å². The van der Waals surface area contributed by atoms with E-state index in [1.54, 1.807) is 6.07 Å². The quantitative estimate of drug-likeness (QED) is 0.614. The molecule has 1 heterocycles. The van der Waals surface area contributed by atoms with Crippen molar-refractivity contribution < 1.29 is 4.39 Å². The van der Waals surface area contributed by atoms with Crippen LogP contribution >= 0.6 is 0 Å². The zero-order valence-electron chi connectivity index (χ0n) is 9.18. The van der Waals surface area contributed by atoms with Crippen molar-refractivity contribution in [3.05, 3.63) is 29.6 Å². The Hall–Kier alpha value is -1.05. The van der Waals surface area contributed by atoms with E-state index in [0.717, 1.165) is 30.6 Å². The molecule has 0 unspecified atom stereocenters. The normalized spacial score (nSPS) is 14.1. The minimum Gasteiger partial charge on any atom is -0.372 e. The van der Waals surface area contributed by atoms with Crippen LogP contribution in [0.5, 0.6) is 0 Å². The lowest BCUT2D eigenvalue weighted by atomic mass is 10.0. The van der Waals surface area contributed by atoms with Gasteiger partial charge < -0.3 is 4.90 Å². The molecule has 1 aliphatic heterocycles. The van der Waals surface area contributed by atoms with E-state index in [2.05, 4.69) is 0 Å². The summed E-state index contributed by atoms with van der Waals surface area (Å²) in [5.41, 5.74) is 1.94. The summed E-state index contributed by atoms with van der Waals surface area (Å²) in [6.45, 7) is 4.97. The molecule has 0 aliphatic carbocycles. The first-order valence-electron chi connectivity index (χ1n) is 5.27. The fourth-order valence-corrected chi connectivity index (χ4v) is 1.81. The number of aryl methyl sites for hydroxylation is 1. The maximum absolute atomic E-state index is 13.3. The Labute approximate surface area is 85.5 Å². The number of nitrogens with zero attached hydrogens (tertiary/aromatic N) is 1. The zero-order chi connectivity index (χ0) is 10.6. The van der Waals surface area contributed by atoms with Gasteiger partial charge in [0, 0.05) is 13.6 Å². The van der Waals surface area contributed by atoms with Crippen LogP contribution in [0.4, 0.5) is 10.1 Å². The minimum absolute atomic E-state index is 0.0882. The molecule has 78 valence electrons. The molecule has 0 amide bonds. The average molecular weight is 195 g/mol. The summed E-state index contributed by atoms with van der Waals surface area (Å²) in [7, 11) is 1.95. The molecule has 0 bridgehead atoms. The first-order valence-corrected chi connectivity index (χ1v) is 5.27. The van der Waals surface area contributed by atoms with Crippen LogP contribution in [0.15, 0.2) is 18.2 Å². The molecule has 1 aliphatic rings. The molecule has 0 spiro atoms. The van der Waals surface area contributed by atoms with E-state index in [1.165, 1.54) is 6.07 Å². The molecular weight excluding hydrogens is 177 g/mol. The summed E-state index contributed by atoms with van der Waals surface area (Å²) in [6, 6.07) is 5.32. The van der Waals surface area contributed by atoms with Crippen molar-refractivity contribution in [3.8, 4) is 0 Å². The Morgan fingerprint density at radius 3 is 2.64 bits per heavy atom. The number of halogens is 1. The van der Waals surface area contributed by atoms with Crippen LogP contribution in [0.25, 0.3) is 0 Å². The summed E-state index contributed by atoms with van der Waals surface area (Å²) in [6.07, 6.45) is 2.14. The molecule has 0 saturated carbocycles. The molecular formula is C12H18FN. The Morgan fingerprint density at radius 2 is 2.00 bits per heavy atom. The molecule has 1 aromatic carbocycles. The lowest BCUT2D eigenvalue weighted by Gasteiger charge is -2.27. The van der Waals surface area contributed by atoms with Gasteiger partial charge in [-0.05, 0) is 24.5 Å². The van der Waals surface area contributed by atoms with Crippen molar-refractivity contribution >= 4 is 5.69 Å². The number of benzene rings is 1. The van der Waals surface area contributed by atoms with Gasteiger partial charge in [0.25, 0.3) is 0 Å². The summed E-state index contributed by atoms with van der Waals surface area (Å²) >= 11 is 0. The summed E-state index contributed by atoms with van der Waals surface area (Å²) in [5, 5.41) is 0. The van der Waals surface area contributed by atoms with Crippen LogP contribution in [-0.2, 0) is 6.42 Å². The van der Waals surface area contributed by atoms with Crippen molar-refractivity contribution in [2.24, 2.45) is 0 Å². The minimum atomic E-state index is -0.0882. The predicted molar refractivity (Wildman–Crippen MR) is 59.3 cm³/mol. The largest absolute Gasteiger partial charge is 0.372 e. The Bertz CT molecular complexity index is 296.